The summed E-state index contributed by atoms with van der Waals surface area (Å²) in [6, 6.07) is 5.32. The van der Waals surface area contributed by atoms with E-state index in [1.807, 2.05) is 11.1 Å². The highest BCUT2D eigenvalue weighted by atomic mass is 16.5. The molecule has 7 heteroatoms. The third-order valence-corrected chi connectivity index (χ3v) is 5.85. The van der Waals surface area contributed by atoms with Crippen molar-refractivity contribution in [3.05, 3.63) is 47.0 Å². The van der Waals surface area contributed by atoms with E-state index in [0.717, 1.165) is 50.4 Å². The fourth-order valence-corrected chi connectivity index (χ4v) is 4.19. The normalized spacial score (nSPS) is 19.6. The van der Waals surface area contributed by atoms with E-state index < -0.39 is 0 Å². The van der Waals surface area contributed by atoms with Crippen LogP contribution in [0.4, 0.5) is 0 Å². The van der Waals surface area contributed by atoms with E-state index in [1.165, 1.54) is 5.56 Å². The van der Waals surface area contributed by atoms with Gasteiger partial charge in [-0.05, 0) is 38.1 Å². The van der Waals surface area contributed by atoms with E-state index >= 15 is 0 Å². The van der Waals surface area contributed by atoms with Gasteiger partial charge in [-0.3, -0.25) is 4.79 Å². The molecule has 1 amide bonds. The Morgan fingerprint density at radius 2 is 2.07 bits per heavy atom. The van der Waals surface area contributed by atoms with Gasteiger partial charge in [0.05, 0.1) is 19.8 Å². The molecular weight excluding hydrogens is 368 g/mol. The van der Waals surface area contributed by atoms with E-state index in [9.17, 15) is 4.79 Å². The van der Waals surface area contributed by atoms with Crippen molar-refractivity contribution in [2.24, 2.45) is 0 Å². The zero-order valence-corrected chi connectivity index (χ0v) is 17.4. The van der Waals surface area contributed by atoms with E-state index in [0.29, 0.717) is 23.6 Å². The van der Waals surface area contributed by atoms with Crippen molar-refractivity contribution >= 4 is 5.91 Å². The maximum atomic E-state index is 13.2. The maximum absolute atomic E-state index is 13.2. The number of methoxy groups -OCH3 is 2. The summed E-state index contributed by atoms with van der Waals surface area (Å²) < 4.78 is 10.7. The van der Waals surface area contributed by atoms with Crippen molar-refractivity contribution in [1.82, 2.24) is 19.8 Å². The number of nitrogens with zero attached hydrogens (tertiary/aromatic N) is 4. The summed E-state index contributed by atoms with van der Waals surface area (Å²) in [6.07, 6.45) is 4.86. The zero-order chi connectivity index (χ0) is 20.4. The third kappa shape index (κ3) is 4.05. The molecule has 0 spiro atoms. The molecular formula is C22H28N4O3. The summed E-state index contributed by atoms with van der Waals surface area (Å²) in [7, 11) is 5.29. The molecule has 1 aromatic carbocycles. The minimum Gasteiger partial charge on any atom is -0.497 e. The number of aromatic nitrogens is 2. The SMILES string of the molecule is COc1ccc(OC)c(C(=O)N2CCC[C@H](c3ncc4c(n3)CCN(C)C4)C2)c1. The van der Waals surface area contributed by atoms with Crippen molar-refractivity contribution < 1.29 is 14.3 Å². The number of piperidine rings is 1. The molecule has 2 aromatic rings. The summed E-state index contributed by atoms with van der Waals surface area (Å²) in [5.74, 6) is 2.19. The molecule has 4 rings (SSSR count). The molecule has 2 aliphatic rings. The Labute approximate surface area is 171 Å². The first-order valence-corrected chi connectivity index (χ1v) is 10.1. The first kappa shape index (κ1) is 19.6. The molecule has 0 unspecified atom stereocenters. The quantitative estimate of drug-likeness (QED) is 0.791. The lowest BCUT2D eigenvalue weighted by Crippen LogP contribution is -2.40. The van der Waals surface area contributed by atoms with Crippen LogP contribution in [0.5, 0.6) is 11.5 Å². The Kier molecular flexibility index (Phi) is 5.67. The smallest absolute Gasteiger partial charge is 0.257 e. The van der Waals surface area contributed by atoms with Crippen LogP contribution in [-0.4, -0.2) is 66.6 Å². The number of likely N-dealkylation sites (N-methyl/N-ethyl adjacent to an activating group) is 1. The minimum absolute atomic E-state index is 0.0370. The topological polar surface area (TPSA) is 67.8 Å². The minimum atomic E-state index is -0.0370. The van der Waals surface area contributed by atoms with Gasteiger partial charge in [0.15, 0.2) is 0 Å². The Balaban J connectivity index is 1.54. The van der Waals surface area contributed by atoms with Crippen LogP contribution in [0.2, 0.25) is 0 Å². The molecule has 1 aromatic heterocycles. The molecule has 7 nitrogen and oxygen atoms in total. The van der Waals surface area contributed by atoms with Gasteiger partial charge in [-0.25, -0.2) is 9.97 Å². The molecule has 0 N–H and O–H groups in total. The number of rotatable bonds is 4. The highest BCUT2D eigenvalue weighted by Gasteiger charge is 2.29. The Bertz CT molecular complexity index is 902. The van der Waals surface area contributed by atoms with E-state index in [2.05, 4.69) is 16.9 Å². The van der Waals surface area contributed by atoms with Crippen LogP contribution >= 0.6 is 0 Å². The largest absolute Gasteiger partial charge is 0.497 e. The van der Waals surface area contributed by atoms with Crippen molar-refractivity contribution in [3.8, 4) is 11.5 Å². The van der Waals surface area contributed by atoms with Gasteiger partial charge in [0.2, 0.25) is 0 Å². The Hall–Kier alpha value is -2.67. The molecule has 0 aliphatic carbocycles. The second-order valence-corrected chi connectivity index (χ2v) is 7.84. The van der Waals surface area contributed by atoms with Crippen molar-refractivity contribution in [1.29, 1.82) is 0 Å². The number of hydrogen-bond donors (Lipinski definition) is 0. The molecule has 154 valence electrons. The number of carbonyl (C=O) groups excluding carboxylic acids is 1. The van der Waals surface area contributed by atoms with E-state index in [1.54, 1.807) is 32.4 Å². The molecule has 1 atom stereocenters. The number of amides is 1. The van der Waals surface area contributed by atoms with Gasteiger partial charge in [0.25, 0.3) is 5.91 Å². The predicted octanol–water partition coefficient (Wildman–Crippen LogP) is 2.50. The summed E-state index contributed by atoms with van der Waals surface area (Å²) in [4.78, 5) is 26.9. The van der Waals surface area contributed by atoms with Crippen LogP contribution < -0.4 is 9.47 Å². The van der Waals surface area contributed by atoms with Crippen molar-refractivity contribution in [3.63, 3.8) is 0 Å². The average Bonchev–Trinajstić information content (AvgIpc) is 2.77. The van der Waals surface area contributed by atoms with Crippen molar-refractivity contribution in [2.75, 3.05) is 40.9 Å². The summed E-state index contributed by atoms with van der Waals surface area (Å²) in [5, 5.41) is 0. The highest BCUT2D eigenvalue weighted by molar-refractivity contribution is 5.97. The average molecular weight is 396 g/mol. The van der Waals surface area contributed by atoms with E-state index in [-0.39, 0.29) is 11.8 Å². The molecule has 0 bridgehead atoms. The number of benzene rings is 1. The first-order chi connectivity index (χ1) is 14.1. The zero-order valence-electron chi connectivity index (χ0n) is 17.4. The lowest BCUT2D eigenvalue weighted by molar-refractivity contribution is 0.0700. The van der Waals surface area contributed by atoms with Crippen LogP contribution in [0.15, 0.2) is 24.4 Å². The molecule has 29 heavy (non-hydrogen) atoms. The van der Waals surface area contributed by atoms with Crippen LogP contribution in [-0.2, 0) is 13.0 Å². The number of ether oxygens (including phenoxy) is 2. The second kappa shape index (κ2) is 8.37. The molecule has 2 aliphatic heterocycles. The van der Waals surface area contributed by atoms with Gasteiger partial charge in [-0.2, -0.15) is 0 Å². The third-order valence-electron chi connectivity index (χ3n) is 5.85. The van der Waals surface area contributed by atoms with Gasteiger partial charge in [0.1, 0.15) is 17.3 Å². The summed E-state index contributed by atoms with van der Waals surface area (Å²) in [5.41, 5.74) is 2.90. The van der Waals surface area contributed by atoms with Gasteiger partial charge < -0.3 is 19.3 Å². The van der Waals surface area contributed by atoms with Crippen LogP contribution in [0.3, 0.4) is 0 Å². The highest BCUT2D eigenvalue weighted by Crippen LogP contribution is 2.30. The summed E-state index contributed by atoms with van der Waals surface area (Å²) >= 11 is 0. The number of fused-ring (bicyclic) bond motifs is 1. The molecule has 0 saturated carbocycles. The molecule has 3 heterocycles. The monoisotopic (exact) mass is 396 g/mol. The molecule has 1 fully saturated rings. The number of likely N-dealkylation sites (tertiary alicyclic amines) is 1. The van der Waals surface area contributed by atoms with Gasteiger partial charge >= 0.3 is 0 Å². The lowest BCUT2D eigenvalue weighted by atomic mass is 9.95. The Morgan fingerprint density at radius 3 is 2.86 bits per heavy atom. The summed E-state index contributed by atoms with van der Waals surface area (Å²) in [6.45, 7) is 3.28. The van der Waals surface area contributed by atoms with Crippen LogP contribution in [0, 0.1) is 0 Å². The first-order valence-electron chi connectivity index (χ1n) is 10.1. The standard InChI is InChI=1S/C22H28N4O3/c1-25-10-8-19-16(13-25)12-23-21(24-19)15-5-4-9-26(14-15)22(27)18-11-17(28-2)6-7-20(18)29-3/h6-7,11-12,15H,4-5,8-10,13-14H2,1-3H3/t15-/m0/s1. The lowest BCUT2D eigenvalue weighted by Gasteiger charge is -2.33. The molecule has 0 radical (unpaired) electrons. The van der Waals surface area contributed by atoms with Crippen LogP contribution in [0.25, 0.3) is 0 Å². The fourth-order valence-electron chi connectivity index (χ4n) is 4.19. The van der Waals surface area contributed by atoms with Crippen LogP contribution in [0.1, 0.15) is 46.2 Å². The van der Waals surface area contributed by atoms with Gasteiger partial charge in [0, 0.05) is 56.0 Å². The predicted molar refractivity (Wildman–Crippen MR) is 109 cm³/mol. The number of hydrogen-bond acceptors (Lipinski definition) is 6. The van der Waals surface area contributed by atoms with Gasteiger partial charge in [-0.1, -0.05) is 0 Å². The Morgan fingerprint density at radius 1 is 1.21 bits per heavy atom. The number of carbonyl (C=O) groups is 1. The van der Waals surface area contributed by atoms with Gasteiger partial charge in [-0.15, -0.1) is 0 Å². The molecule has 1 saturated heterocycles. The maximum Gasteiger partial charge on any atom is 0.257 e. The van der Waals surface area contributed by atoms with E-state index in [4.69, 9.17) is 14.5 Å². The fraction of sp³-hybridized carbons (Fsp3) is 0.500. The van der Waals surface area contributed by atoms with Crippen molar-refractivity contribution in [2.45, 2.75) is 31.7 Å². The second-order valence-electron chi connectivity index (χ2n) is 7.84.